The van der Waals surface area contributed by atoms with E-state index < -0.39 is 23.3 Å². The van der Waals surface area contributed by atoms with E-state index in [1.807, 2.05) is 91.0 Å². The average molecular weight is 441 g/mol. The van der Waals surface area contributed by atoms with Gasteiger partial charge in [-0.25, -0.2) is 4.79 Å². The number of esters is 1. The highest BCUT2D eigenvalue weighted by Crippen LogP contribution is 2.42. The van der Waals surface area contributed by atoms with Gasteiger partial charge in [0.15, 0.2) is 0 Å². The smallest absolute Gasteiger partial charge is 0.328 e. The zero-order valence-corrected chi connectivity index (χ0v) is 18.9. The Kier molecular flexibility index (Phi) is 7.99. The van der Waals surface area contributed by atoms with E-state index in [2.05, 4.69) is 11.4 Å². The van der Waals surface area contributed by atoms with E-state index in [0.29, 0.717) is 0 Å². The monoisotopic (exact) mass is 440 g/mol. The summed E-state index contributed by atoms with van der Waals surface area (Å²) < 4.78 is 4.88. The van der Waals surface area contributed by atoms with Crippen LogP contribution in [-0.4, -0.2) is 25.0 Å². The summed E-state index contributed by atoms with van der Waals surface area (Å²) in [4.78, 5) is 25.8. The third-order valence-electron chi connectivity index (χ3n) is 5.86. The molecule has 1 N–H and O–H groups in total. The number of carbonyl (C=O) groups is 2. The van der Waals surface area contributed by atoms with Crippen LogP contribution in [-0.2, 0) is 19.7 Å². The molecule has 0 radical (unpaired) electrons. The van der Waals surface area contributed by atoms with E-state index in [9.17, 15) is 14.9 Å². The van der Waals surface area contributed by atoms with Crippen LogP contribution in [0.3, 0.4) is 0 Å². The van der Waals surface area contributed by atoms with Gasteiger partial charge in [0.2, 0.25) is 5.91 Å². The van der Waals surface area contributed by atoms with Crippen molar-refractivity contribution in [1.29, 1.82) is 5.26 Å². The number of ether oxygens (including phenoxy) is 1. The summed E-state index contributed by atoms with van der Waals surface area (Å²) in [5.74, 6) is -1.26. The molecule has 3 aromatic rings. The lowest BCUT2D eigenvalue weighted by atomic mass is 9.67. The maximum atomic E-state index is 13.5. The van der Waals surface area contributed by atoms with Crippen LogP contribution in [0.5, 0.6) is 0 Å². The standard InChI is InChI=1S/C28H28N2O3/c1-21(20-29)18-25(27(32)33-2)30-26(31)19-28(22-12-6-3-7-13-22,23-14-8-4-9-15-23)24-16-10-5-11-17-24/h3-17,21,25H,18-19H2,1-2H3,(H,30,31)/t21-,25-/m1/s1. The fraction of sp³-hybridized carbons (Fsp3) is 0.250. The molecule has 5 heteroatoms. The molecule has 3 rings (SSSR count). The number of nitrogens with one attached hydrogen (secondary N) is 1. The SMILES string of the molecule is COC(=O)[C@@H](C[C@@H](C)C#N)NC(=O)CC(c1ccccc1)(c1ccccc1)c1ccccc1. The van der Waals surface area contributed by atoms with Crippen molar-refractivity contribution in [1.82, 2.24) is 5.32 Å². The maximum absolute atomic E-state index is 13.5. The number of nitriles is 1. The molecule has 5 nitrogen and oxygen atoms in total. The van der Waals surface area contributed by atoms with Crippen LogP contribution in [0.2, 0.25) is 0 Å². The van der Waals surface area contributed by atoms with Gasteiger partial charge in [-0.2, -0.15) is 5.26 Å². The van der Waals surface area contributed by atoms with Gasteiger partial charge in [-0.1, -0.05) is 91.0 Å². The largest absolute Gasteiger partial charge is 0.467 e. The Balaban J connectivity index is 2.07. The van der Waals surface area contributed by atoms with Crippen LogP contribution in [0.4, 0.5) is 0 Å². The Hall–Kier alpha value is -3.91. The van der Waals surface area contributed by atoms with Gasteiger partial charge in [0.1, 0.15) is 6.04 Å². The van der Waals surface area contributed by atoms with Crippen LogP contribution < -0.4 is 5.32 Å². The molecule has 0 heterocycles. The van der Waals surface area contributed by atoms with E-state index in [-0.39, 0.29) is 18.7 Å². The highest BCUT2D eigenvalue weighted by Gasteiger charge is 2.39. The van der Waals surface area contributed by atoms with Crippen LogP contribution in [0, 0.1) is 17.2 Å². The number of hydrogen-bond donors (Lipinski definition) is 1. The fourth-order valence-electron chi connectivity index (χ4n) is 4.22. The molecular weight excluding hydrogens is 412 g/mol. The molecule has 0 saturated heterocycles. The molecule has 0 bridgehead atoms. The zero-order chi connectivity index (χ0) is 23.7. The summed E-state index contributed by atoms with van der Waals surface area (Å²) in [5.41, 5.74) is 2.14. The van der Waals surface area contributed by atoms with E-state index in [4.69, 9.17) is 4.74 Å². The van der Waals surface area contributed by atoms with Crippen molar-refractivity contribution in [2.24, 2.45) is 5.92 Å². The molecule has 1 amide bonds. The van der Waals surface area contributed by atoms with Crippen LogP contribution in [0.1, 0.15) is 36.5 Å². The zero-order valence-electron chi connectivity index (χ0n) is 18.9. The second kappa shape index (κ2) is 11.1. The molecule has 0 aliphatic heterocycles. The number of benzene rings is 3. The molecule has 0 saturated carbocycles. The number of carbonyl (C=O) groups excluding carboxylic acids is 2. The fourth-order valence-corrected chi connectivity index (χ4v) is 4.22. The number of methoxy groups -OCH3 is 1. The first-order valence-corrected chi connectivity index (χ1v) is 10.9. The van der Waals surface area contributed by atoms with E-state index >= 15 is 0 Å². The molecule has 3 aromatic carbocycles. The minimum atomic E-state index is -0.892. The lowest BCUT2D eigenvalue weighted by Crippen LogP contribution is -2.45. The summed E-state index contributed by atoms with van der Waals surface area (Å²) in [6, 6.07) is 30.9. The van der Waals surface area contributed by atoms with E-state index in [1.54, 1.807) is 6.92 Å². The number of nitrogens with zero attached hydrogens (tertiary/aromatic N) is 1. The van der Waals surface area contributed by atoms with Crippen LogP contribution in [0.15, 0.2) is 91.0 Å². The molecule has 0 fully saturated rings. The number of amides is 1. The first-order chi connectivity index (χ1) is 16.0. The van der Waals surface area contributed by atoms with Crippen molar-refractivity contribution in [3.05, 3.63) is 108 Å². The maximum Gasteiger partial charge on any atom is 0.328 e. The normalized spacial score (nSPS) is 12.8. The third-order valence-corrected chi connectivity index (χ3v) is 5.86. The van der Waals surface area contributed by atoms with Crippen molar-refractivity contribution in [3.63, 3.8) is 0 Å². The Morgan fingerprint density at radius 2 is 1.30 bits per heavy atom. The third kappa shape index (κ3) is 5.48. The molecule has 33 heavy (non-hydrogen) atoms. The van der Waals surface area contributed by atoms with Crippen molar-refractivity contribution in [2.45, 2.75) is 31.2 Å². The molecule has 0 spiro atoms. The first-order valence-electron chi connectivity index (χ1n) is 10.9. The van der Waals surface area contributed by atoms with E-state index in [0.717, 1.165) is 16.7 Å². The first kappa shape index (κ1) is 23.7. The predicted octanol–water partition coefficient (Wildman–Crippen LogP) is 4.62. The molecule has 0 aliphatic rings. The number of rotatable bonds is 9. The Morgan fingerprint density at radius 3 is 1.67 bits per heavy atom. The Bertz CT molecular complexity index is 996. The summed E-state index contributed by atoms with van der Waals surface area (Å²) in [7, 11) is 1.28. The molecule has 0 unspecified atom stereocenters. The minimum absolute atomic E-state index is 0.0828. The van der Waals surface area contributed by atoms with Crippen molar-refractivity contribution >= 4 is 11.9 Å². The van der Waals surface area contributed by atoms with Gasteiger partial charge in [-0.3, -0.25) is 4.79 Å². The van der Waals surface area contributed by atoms with Crippen LogP contribution in [0.25, 0.3) is 0 Å². The van der Waals surface area contributed by atoms with Gasteiger partial charge in [-0.05, 0) is 30.0 Å². The predicted molar refractivity (Wildman–Crippen MR) is 127 cm³/mol. The van der Waals surface area contributed by atoms with Gasteiger partial charge in [-0.15, -0.1) is 0 Å². The van der Waals surface area contributed by atoms with Crippen molar-refractivity contribution in [2.75, 3.05) is 7.11 Å². The van der Waals surface area contributed by atoms with Gasteiger partial charge in [0, 0.05) is 12.3 Å². The molecule has 0 aliphatic carbocycles. The summed E-state index contributed by atoms with van der Waals surface area (Å²) in [5, 5.41) is 12.0. The van der Waals surface area contributed by atoms with Crippen molar-refractivity contribution in [3.8, 4) is 6.07 Å². The molecule has 0 aromatic heterocycles. The molecule has 168 valence electrons. The number of hydrogen-bond acceptors (Lipinski definition) is 4. The lowest BCUT2D eigenvalue weighted by Gasteiger charge is -2.36. The quantitative estimate of drug-likeness (QED) is 0.389. The van der Waals surface area contributed by atoms with Gasteiger partial charge >= 0.3 is 5.97 Å². The van der Waals surface area contributed by atoms with Gasteiger partial charge in [0.05, 0.1) is 18.6 Å². The highest BCUT2D eigenvalue weighted by molar-refractivity contribution is 5.86. The summed E-state index contributed by atoms with van der Waals surface area (Å²) >= 11 is 0. The minimum Gasteiger partial charge on any atom is -0.467 e. The summed E-state index contributed by atoms with van der Waals surface area (Å²) in [6.07, 6.45) is 0.267. The Morgan fingerprint density at radius 1 is 0.879 bits per heavy atom. The second-order valence-corrected chi connectivity index (χ2v) is 8.09. The molecule has 2 atom stereocenters. The highest BCUT2D eigenvalue weighted by atomic mass is 16.5. The topological polar surface area (TPSA) is 79.2 Å². The van der Waals surface area contributed by atoms with Crippen molar-refractivity contribution < 1.29 is 14.3 Å². The van der Waals surface area contributed by atoms with Crippen LogP contribution >= 0.6 is 0 Å². The van der Waals surface area contributed by atoms with E-state index in [1.165, 1.54) is 7.11 Å². The summed E-state index contributed by atoms with van der Waals surface area (Å²) in [6.45, 7) is 1.71. The second-order valence-electron chi connectivity index (χ2n) is 8.09. The van der Waals surface area contributed by atoms with Gasteiger partial charge < -0.3 is 10.1 Å². The molecular formula is C28H28N2O3. The van der Waals surface area contributed by atoms with Gasteiger partial charge in [0.25, 0.3) is 0 Å². The lowest BCUT2D eigenvalue weighted by molar-refractivity contribution is -0.145. The average Bonchev–Trinajstić information content (AvgIpc) is 2.87. The Labute approximate surface area is 195 Å².